The Morgan fingerprint density at radius 1 is 1.21 bits per heavy atom. The first-order chi connectivity index (χ1) is 6.84. The van der Waals surface area contributed by atoms with Crippen molar-refractivity contribution in [2.24, 2.45) is 0 Å². The van der Waals surface area contributed by atoms with Gasteiger partial charge in [-0.15, -0.1) is 0 Å². The molecule has 3 nitrogen and oxygen atoms in total. The number of aromatic nitrogens is 3. The lowest BCUT2D eigenvalue weighted by Crippen LogP contribution is -1.80. The van der Waals surface area contributed by atoms with E-state index in [2.05, 4.69) is 27.3 Å². The monoisotopic (exact) mass is 183 g/mol. The molecule has 3 rings (SSSR count). The Hall–Kier alpha value is -1.90. The number of hydrogen-bond acceptors (Lipinski definition) is 2. The second-order valence-electron chi connectivity index (χ2n) is 3.40. The molecule has 0 atom stereocenters. The van der Waals surface area contributed by atoms with Gasteiger partial charge in [0.05, 0.1) is 5.52 Å². The number of benzene rings is 1. The Bertz CT molecular complexity index is 610. The van der Waals surface area contributed by atoms with E-state index in [1.54, 1.807) is 0 Å². The third-order valence-electron chi connectivity index (χ3n) is 2.44. The number of hydrogen-bond donors (Lipinski definition) is 1. The van der Waals surface area contributed by atoms with Gasteiger partial charge in [0, 0.05) is 16.5 Å². The molecule has 0 amide bonds. The van der Waals surface area contributed by atoms with E-state index in [1.807, 2.05) is 25.1 Å². The van der Waals surface area contributed by atoms with Gasteiger partial charge >= 0.3 is 0 Å². The highest BCUT2D eigenvalue weighted by Gasteiger charge is 2.03. The van der Waals surface area contributed by atoms with E-state index in [9.17, 15) is 0 Å². The van der Waals surface area contributed by atoms with Crippen LogP contribution in [-0.2, 0) is 0 Å². The maximum Gasteiger partial charge on any atom is 0.181 e. The molecule has 2 heterocycles. The van der Waals surface area contributed by atoms with E-state index in [4.69, 9.17) is 0 Å². The molecular formula is C11H9N3. The maximum absolute atomic E-state index is 4.46. The zero-order valence-electron chi connectivity index (χ0n) is 7.78. The Labute approximate surface area is 80.8 Å². The molecular weight excluding hydrogens is 174 g/mol. The van der Waals surface area contributed by atoms with Crippen LogP contribution < -0.4 is 0 Å². The SMILES string of the molecule is Cc1[nH]nc2nc3ccccc3cc12. The molecule has 0 spiro atoms. The highest BCUT2D eigenvalue weighted by Crippen LogP contribution is 2.19. The Morgan fingerprint density at radius 2 is 2.07 bits per heavy atom. The van der Waals surface area contributed by atoms with Crippen LogP contribution in [0.15, 0.2) is 30.3 Å². The van der Waals surface area contributed by atoms with Crippen molar-refractivity contribution in [2.45, 2.75) is 6.92 Å². The van der Waals surface area contributed by atoms with Crippen LogP contribution in [0.4, 0.5) is 0 Å². The van der Waals surface area contributed by atoms with Gasteiger partial charge in [0.25, 0.3) is 0 Å². The summed E-state index contributed by atoms with van der Waals surface area (Å²) in [6.07, 6.45) is 0. The van der Waals surface area contributed by atoms with Crippen LogP contribution in [0.5, 0.6) is 0 Å². The second-order valence-corrected chi connectivity index (χ2v) is 3.40. The quantitative estimate of drug-likeness (QED) is 0.581. The number of H-pyrrole nitrogens is 1. The molecule has 0 bridgehead atoms. The number of para-hydroxylation sites is 1. The molecule has 0 fully saturated rings. The van der Waals surface area contributed by atoms with Crippen molar-refractivity contribution >= 4 is 21.9 Å². The van der Waals surface area contributed by atoms with Gasteiger partial charge < -0.3 is 0 Å². The van der Waals surface area contributed by atoms with Gasteiger partial charge in [-0.2, -0.15) is 5.10 Å². The number of fused-ring (bicyclic) bond motifs is 2. The molecule has 0 aliphatic heterocycles. The lowest BCUT2D eigenvalue weighted by molar-refractivity contribution is 1.06. The number of pyridine rings is 1. The van der Waals surface area contributed by atoms with Gasteiger partial charge in [-0.05, 0) is 19.1 Å². The number of aromatic amines is 1. The third kappa shape index (κ3) is 0.923. The second kappa shape index (κ2) is 2.54. The van der Waals surface area contributed by atoms with E-state index < -0.39 is 0 Å². The minimum absolute atomic E-state index is 0.793. The van der Waals surface area contributed by atoms with Gasteiger partial charge in [0.2, 0.25) is 0 Å². The molecule has 3 heteroatoms. The lowest BCUT2D eigenvalue weighted by Gasteiger charge is -1.95. The van der Waals surface area contributed by atoms with Crippen LogP contribution in [0, 0.1) is 6.92 Å². The van der Waals surface area contributed by atoms with E-state index in [0.29, 0.717) is 0 Å². The highest BCUT2D eigenvalue weighted by atomic mass is 15.1. The summed E-state index contributed by atoms with van der Waals surface area (Å²) < 4.78 is 0. The zero-order chi connectivity index (χ0) is 9.54. The maximum atomic E-state index is 4.46. The van der Waals surface area contributed by atoms with E-state index in [0.717, 1.165) is 27.6 Å². The van der Waals surface area contributed by atoms with E-state index >= 15 is 0 Å². The summed E-state index contributed by atoms with van der Waals surface area (Å²) in [5.74, 6) is 0. The van der Waals surface area contributed by atoms with Gasteiger partial charge in [0.15, 0.2) is 5.65 Å². The predicted molar refractivity (Wildman–Crippen MR) is 56.1 cm³/mol. The minimum atomic E-state index is 0.793. The van der Waals surface area contributed by atoms with Crippen LogP contribution in [0.3, 0.4) is 0 Å². The normalized spacial score (nSPS) is 11.2. The molecule has 3 aromatic rings. The summed E-state index contributed by atoms with van der Waals surface area (Å²) in [7, 11) is 0. The fourth-order valence-electron chi connectivity index (χ4n) is 1.66. The molecule has 0 saturated carbocycles. The zero-order valence-corrected chi connectivity index (χ0v) is 7.78. The van der Waals surface area contributed by atoms with Crippen LogP contribution in [0.25, 0.3) is 21.9 Å². The van der Waals surface area contributed by atoms with Crippen LogP contribution >= 0.6 is 0 Å². The largest absolute Gasteiger partial charge is 0.280 e. The van der Waals surface area contributed by atoms with Crippen molar-refractivity contribution in [3.8, 4) is 0 Å². The van der Waals surface area contributed by atoms with Crippen molar-refractivity contribution in [2.75, 3.05) is 0 Å². The molecule has 0 aliphatic carbocycles. The predicted octanol–water partition coefficient (Wildman–Crippen LogP) is 2.42. The smallest absolute Gasteiger partial charge is 0.181 e. The van der Waals surface area contributed by atoms with Crippen molar-refractivity contribution in [1.82, 2.24) is 15.2 Å². The topological polar surface area (TPSA) is 41.6 Å². The summed E-state index contributed by atoms with van der Waals surface area (Å²) in [6, 6.07) is 10.2. The first-order valence-electron chi connectivity index (χ1n) is 4.55. The van der Waals surface area contributed by atoms with Gasteiger partial charge in [-0.25, -0.2) is 4.98 Å². The lowest BCUT2D eigenvalue weighted by atomic mass is 10.2. The summed E-state index contributed by atoms with van der Waals surface area (Å²) >= 11 is 0. The third-order valence-corrected chi connectivity index (χ3v) is 2.44. The van der Waals surface area contributed by atoms with Crippen LogP contribution in [-0.4, -0.2) is 15.2 Å². The van der Waals surface area contributed by atoms with Crippen LogP contribution in [0.1, 0.15) is 5.69 Å². The number of aryl methyl sites for hydroxylation is 1. The Morgan fingerprint density at radius 3 is 3.00 bits per heavy atom. The fraction of sp³-hybridized carbons (Fsp3) is 0.0909. The van der Waals surface area contributed by atoms with E-state index in [1.165, 1.54) is 0 Å². The van der Waals surface area contributed by atoms with Crippen molar-refractivity contribution in [3.05, 3.63) is 36.0 Å². The number of rotatable bonds is 0. The van der Waals surface area contributed by atoms with Crippen molar-refractivity contribution in [3.63, 3.8) is 0 Å². The van der Waals surface area contributed by atoms with Crippen molar-refractivity contribution < 1.29 is 0 Å². The number of nitrogens with zero attached hydrogens (tertiary/aromatic N) is 2. The Balaban J connectivity index is 2.54. The molecule has 2 aromatic heterocycles. The molecule has 1 aromatic carbocycles. The molecule has 68 valence electrons. The summed E-state index contributed by atoms with van der Waals surface area (Å²) in [5, 5.41) is 9.33. The molecule has 0 radical (unpaired) electrons. The minimum Gasteiger partial charge on any atom is -0.280 e. The molecule has 0 aliphatic rings. The Kier molecular flexibility index (Phi) is 1.36. The highest BCUT2D eigenvalue weighted by molar-refractivity contribution is 5.92. The van der Waals surface area contributed by atoms with E-state index in [-0.39, 0.29) is 0 Å². The van der Waals surface area contributed by atoms with Crippen LogP contribution in [0.2, 0.25) is 0 Å². The fourth-order valence-corrected chi connectivity index (χ4v) is 1.66. The van der Waals surface area contributed by atoms with Crippen molar-refractivity contribution in [1.29, 1.82) is 0 Å². The molecule has 0 saturated heterocycles. The average Bonchev–Trinajstić information content (AvgIpc) is 2.57. The number of nitrogens with one attached hydrogen (secondary N) is 1. The average molecular weight is 183 g/mol. The molecule has 14 heavy (non-hydrogen) atoms. The summed E-state index contributed by atoms with van der Waals surface area (Å²) in [5.41, 5.74) is 2.85. The summed E-state index contributed by atoms with van der Waals surface area (Å²) in [6.45, 7) is 2.01. The van der Waals surface area contributed by atoms with Gasteiger partial charge in [-0.3, -0.25) is 5.10 Å². The first-order valence-corrected chi connectivity index (χ1v) is 4.55. The standard InChI is InChI=1S/C11H9N3/c1-7-9-6-8-4-2-3-5-10(8)12-11(9)14-13-7/h2-6H,1H3,(H,12,13,14). The van der Waals surface area contributed by atoms with Gasteiger partial charge in [0.1, 0.15) is 0 Å². The molecule has 0 unspecified atom stereocenters. The van der Waals surface area contributed by atoms with Gasteiger partial charge in [-0.1, -0.05) is 18.2 Å². The molecule has 1 N–H and O–H groups in total. The summed E-state index contributed by atoms with van der Waals surface area (Å²) in [4.78, 5) is 4.46. The first kappa shape index (κ1) is 7.50.